The number of anilines is 1. The quantitative estimate of drug-likeness (QED) is 0.396. The Hall–Kier alpha value is -3.29. The number of halogens is 3. The Morgan fingerprint density at radius 1 is 1.21 bits per heavy atom. The largest absolute Gasteiger partial charge is 0.462 e. The highest BCUT2D eigenvalue weighted by Crippen LogP contribution is 2.56. The van der Waals surface area contributed by atoms with Gasteiger partial charge in [-0.05, 0) is 63.1 Å². The van der Waals surface area contributed by atoms with Crippen molar-refractivity contribution in [2.24, 2.45) is 0 Å². The number of carbonyl (C=O) groups is 1. The first-order chi connectivity index (χ1) is 20.6. The molecule has 1 aromatic carbocycles. The molecule has 0 N–H and O–H groups in total. The first-order valence-electron chi connectivity index (χ1n) is 15.1. The number of benzene rings is 1. The van der Waals surface area contributed by atoms with Crippen LogP contribution in [0.1, 0.15) is 68.1 Å². The molecule has 11 heteroatoms. The van der Waals surface area contributed by atoms with Crippen molar-refractivity contribution in [2.45, 2.75) is 82.1 Å². The van der Waals surface area contributed by atoms with Crippen LogP contribution in [-0.2, 0) is 23.1 Å². The predicted octanol–water partition coefficient (Wildman–Crippen LogP) is 5.25. The summed E-state index contributed by atoms with van der Waals surface area (Å²) >= 11 is 6.53. The summed E-state index contributed by atoms with van der Waals surface area (Å²) in [4.78, 5) is 27.7. The highest BCUT2D eigenvalue weighted by atomic mass is 35.5. The number of likely N-dealkylation sites (tertiary alicyclic amines) is 1. The second-order valence-electron chi connectivity index (χ2n) is 12.4. The van der Waals surface area contributed by atoms with E-state index in [0.29, 0.717) is 61.4 Å². The van der Waals surface area contributed by atoms with Crippen LogP contribution in [0.5, 0.6) is 6.01 Å². The average molecular weight is 611 g/mol. The maximum atomic E-state index is 17.0. The number of hydrogen-bond donors (Lipinski definition) is 0. The molecule has 2 fully saturated rings. The Bertz CT molecular complexity index is 1480. The van der Waals surface area contributed by atoms with Gasteiger partial charge in [0.25, 0.3) is 5.91 Å². The van der Waals surface area contributed by atoms with Crippen molar-refractivity contribution >= 4 is 23.3 Å². The Morgan fingerprint density at radius 3 is 2.65 bits per heavy atom. The van der Waals surface area contributed by atoms with Gasteiger partial charge in [0.1, 0.15) is 12.4 Å². The molecule has 6 rings (SSSR count). The van der Waals surface area contributed by atoms with Crippen molar-refractivity contribution < 1.29 is 18.3 Å². The van der Waals surface area contributed by atoms with Gasteiger partial charge in [0, 0.05) is 54.3 Å². The summed E-state index contributed by atoms with van der Waals surface area (Å²) in [5, 5.41) is 10.2. The van der Waals surface area contributed by atoms with Gasteiger partial charge >= 0.3 is 6.01 Å². The molecule has 0 bridgehead atoms. The molecule has 8 nitrogen and oxygen atoms in total. The molecule has 2 saturated heterocycles. The number of amides is 1. The molecule has 1 aromatic heterocycles. The van der Waals surface area contributed by atoms with Gasteiger partial charge in [-0.15, -0.1) is 0 Å². The normalized spacial score (nSPS) is 26.6. The third kappa shape index (κ3) is 5.14. The average Bonchev–Trinajstić information content (AvgIpc) is 3.34. The van der Waals surface area contributed by atoms with Gasteiger partial charge in [-0.3, -0.25) is 9.69 Å². The molecule has 4 atom stereocenters. The van der Waals surface area contributed by atoms with Gasteiger partial charge in [-0.2, -0.15) is 15.2 Å². The first-order valence-corrected chi connectivity index (χ1v) is 15.5. The molecular weight excluding hydrogens is 574 g/mol. The van der Waals surface area contributed by atoms with E-state index in [1.165, 1.54) is 4.90 Å². The van der Waals surface area contributed by atoms with E-state index in [4.69, 9.17) is 26.3 Å². The van der Waals surface area contributed by atoms with Crippen molar-refractivity contribution in [3.05, 3.63) is 58.0 Å². The third-order valence-corrected chi connectivity index (χ3v) is 10.2. The minimum atomic E-state index is -1.39. The molecule has 1 amide bonds. The van der Waals surface area contributed by atoms with Gasteiger partial charge in [0.2, 0.25) is 0 Å². The number of hydrogen-bond acceptors (Lipinski definition) is 7. The molecule has 2 aliphatic heterocycles. The van der Waals surface area contributed by atoms with Crippen molar-refractivity contribution in [2.75, 3.05) is 37.7 Å². The molecule has 0 saturated carbocycles. The molecule has 228 valence electrons. The predicted molar refractivity (Wildman–Crippen MR) is 160 cm³/mol. The molecule has 4 aliphatic rings. The van der Waals surface area contributed by atoms with Crippen LogP contribution >= 0.6 is 11.6 Å². The van der Waals surface area contributed by atoms with Crippen LogP contribution in [0.25, 0.3) is 0 Å². The molecule has 3 heterocycles. The monoisotopic (exact) mass is 610 g/mol. The van der Waals surface area contributed by atoms with Crippen LogP contribution in [0.3, 0.4) is 0 Å². The zero-order valence-corrected chi connectivity index (χ0v) is 25.4. The summed E-state index contributed by atoms with van der Waals surface area (Å²) in [6.07, 6.45) is 2.14. The van der Waals surface area contributed by atoms with Crippen LogP contribution in [0.15, 0.2) is 30.6 Å². The molecule has 2 aliphatic carbocycles. The lowest BCUT2D eigenvalue weighted by molar-refractivity contribution is -0.131. The van der Waals surface area contributed by atoms with Crippen molar-refractivity contribution in [1.82, 2.24) is 19.8 Å². The summed E-state index contributed by atoms with van der Waals surface area (Å²) in [6, 6.07) is 8.04. The zero-order valence-electron chi connectivity index (χ0n) is 24.7. The number of piperazine rings is 1. The van der Waals surface area contributed by atoms with Gasteiger partial charge in [-0.1, -0.05) is 30.3 Å². The summed E-state index contributed by atoms with van der Waals surface area (Å²) in [5.41, 5.74) is 2.29. The number of ether oxygens (including phenoxy) is 1. The number of nitrogens with zero attached hydrogens (tertiary/aromatic N) is 6. The van der Waals surface area contributed by atoms with Gasteiger partial charge < -0.3 is 14.5 Å². The Balaban J connectivity index is 1.36. The smallest absolute Gasteiger partial charge is 0.318 e. The van der Waals surface area contributed by atoms with Crippen molar-refractivity contribution in [3.63, 3.8) is 0 Å². The lowest BCUT2D eigenvalue weighted by Crippen LogP contribution is -2.56. The number of nitriles is 1. The Kier molecular flexibility index (Phi) is 8.07. The maximum Gasteiger partial charge on any atom is 0.318 e. The molecular formula is C32H37ClF2N6O2. The molecule has 2 aromatic rings. The minimum absolute atomic E-state index is 0.0191. The minimum Gasteiger partial charge on any atom is -0.462 e. The molecule has 1 unspecified atom stereocenters. The van der Waals surface area contributed by atoms with Crippen LogP contribution < -0.4 is 9.64 Å². The van der Waals surface area contributed by atoms with E-state index < -0.39 is 29.4 Å². The van der Waals surface area contributed by atoms with Crippen molar-refractivity contribution in [3.8, 4) is 12.1 Å². The summed E-state index contributed by atoms with van der Waals surface area (Å²) in [5.74, 6) is -1.31. The SMILES string of the molecule is C=C(F)C(=O)N1CCN(c2nc(OC[C@H]3CCN3C(C)C)nc3c2CC[C@@]2(CCc4c(Cl)cccc42)C3F)C[C@@H]1CC#N. The van der Waals surface area contributed by atoms with E-state index >= 15 is 4.39 Å². The van der Waals surface area contributed by atoms with E-state index in [-0.39, 0.29) is 31.6 Å². The zero-order chi connectivity index (χ0) is 30.5. The molecule has 0 radical (unpaired) electrons. The highest BCUT2D eigenvalue weighted by molar-refractivity contribution is 6.31. The number of rotatable bonds is 7. The van der Waals surface area contributed by atoms with Crippen LogP contribution in [0.2, 0.25) is 5.02 Å². The fourth-order valence-corrected chi connectivity index (χ4v) is 7.78. The van der Waals surface area contributed by atoms with Crippen LogP contribution in [0.4, 0.5) is 14.6 Å². The van der Waals surface area contributed by atoms with Crippen molar-refractivity contribution in [1.29, 1.82) is 5.26 Å². The summed E-state index contributed by atoms with van der Waals surface area (Å²) in [6.45, 7) is 9.64. The second kappa shape index (κ2) is 11.7. The summed E-state index contributed by atoms with van der Waals surface area (Å²) in [7, 11) is 0. The summed E-state index contributed by atoms with van der Waals surface area (Å²) < 4.78 is 37.0. The number of carbonyl (C=O) groups excluding carboxylic acids is 1. The standard InChI is InChI=1S/C32H37ClF2N6O2/c1-19(2)40-14-10-22(40)18-43-31-37-27-24(8-12-32(28(27)35)11-7-23-25(32)5-4-6-26(23)33)29(38-31)39-15-16-41(30(42)20(3)34)21(17-39)9-13-36/h4-6,19,21-22,28H,3,7-12,14-18H2,1-2H3/t21-,22+,28?,32+/m0/s1. The lowest BCUT2D eigenvalue weighted by atomic mass is 9.68. The van der Waals surface area contributed by atoms with E-state index in [9.17, 15) is 14.4 Å². The fourth-order valence-electron chi connectivity index (χ4n) is 7.51. The number of aromatic nitrogens is 2. The second-order valence-corrected chi connectivity index (χ2v) is 12.8. The van der Waals surface area contributed by atoms with E-state index in [1.807, 2.05) is 23.1 Å². The van der Waals surface area contributed by atoms with Gasteiger partial charge in [0.15, 0.2) is 12.0 Å². The Morgan fingerprint density at radius 2 is 1.98 bits per heavy atom. The van der Waals surface area contributed by atoms with Crippen LogP contribution in [-0.4, -0.2) is 76.6 Å². The first kappa shape index (κ1) is 29.8. The molecule has 43 heavy (non-hydrogen) atoms. The Labute approximate surface area is 256 Å². The van der Waals surface area contributed by atoms with Gasteiger partial charge in [0.05, 0.1) is 24.2 Å². The van der Waals surface area contributed by atoms with E-state index in [1.54, 1.807) is 0 Å². The number of alkyl halides is 1. The van der Waals surface area contributed by atoms with E-state index in [0.717, 1.165) is 29.7 Å². The number of fused-ring (bicyclic) bond motifs is 3. The van der Waals surface area contributed by atoms with Gasteiger partial charge in [-0.25, -0.2) is 8.78 Å². The maximum absolute atomic E-state index is 17.0. The fraction of sp³-hybridized carbons (Fsp3) is 0.562. The topological polar surface area (TPSA) is 85.6 Å². The van der Waals surface area contributed by atoms with Crippen LogP contribution in [0, 0.1) is 11.3 Å². The lowest BCUT2D eigenvalue weighted by Gasteiger charge is -2.44. The molecule has 1 spiro atoms. The highest BCUT2D eigenvalue weighted by Gasteiger charge is 2.51. The van der Waals surface area contributed by atoms with E-state index in [2.05, 4.69) is 31.4 Å². The third-order valence-electron chi connectivity index (χ3n) is 9.88.